The van der Waals surface area contributed by atoms with E-state index in [-0.39, 0.29) is 0 Å². The Bertz CT molecular complexity index is 793. The fourth-order valence-electron chi connectivity index (χ4n) is 3.79. The van der Waals surface area contributed by atoms with Crippen molar-refractivity contribution in [2.24, 2.45) is 5.92 Å². The van der Waals surface area contributed by atoms with Crippen molar-refractivity contribution >= 4 is 10.9 Å². The van der Waals surface area contributed by atoms with Gasteiger partial charge in [-0.1, -0.05) is 0 Å². The van der Waals surface area contributed by atoms with Crippen LogP contribution in [0, 0.1) is 5.92 Å². The van der Waals surface area contributed by atoms with E-state index in [0.29, 0.717) is 5.92 Å². The number of hydrogen-bond donors (Lipinski definition) is 2. The van der Waals surface area contributed by atoms with Gasteiger partial charge in [-0.05, 0) is 62.1 Å². The normalized spacial score (nSPS) is 19.0. The Morgan fingerprint density at radius 2 is 2.21 bits per heavy atom. The van der Waals surface area contributed by atoms with Gasteiger partial charge in [0.05, 0.1) is 7.11 Å². The number of nitrogens with zero attached hydrogens (tertiary/aromatic N) is 2. The van der Waals surface area contributed by atoms with Crippen LogP contribution in [0.5, 0.6) is 5.75 Å². The molecule has 1 saturated heterocycles. The van der Waals surface area contributed by atoms with Gasteiger partial charge in [0.15, 0.2) is 0 Å². The number of ether oxygens (including phenoxy) is 1. The first-order valence-corrected chi connectivity index (χ1v) is 8.66. The maximum atomic E-state index is 5.31. The van der Waals surface area contributed by atoms with Crippen molar-refractivity contribution in [2.45, 2.75) is 25.8 Å². The first-order valence-electron chi connectivity index (χ1n) is 8.66. The minimum absolute atomic E-state index is 0.712. The van der Waals surface area contributed by atoms with E-state index in [9.17, 15) is 0 Å². The van der Waals surface area contributed by atoms with Crippen molar-refractivity contribution in [1.82, 2.24) is 20.1 Å². The summed E-state index contributed by atoms with van der Waals surface area (Å²) in [6.07, 6.45) is 5.52. The largest absolute Gasteiger partial charge is 0.497 e. The Morgan fingerprint density at radius 3 is 3.04 bits per heavy atom. The zero-order valence-corrected chi connectivity index (χ0v) is 14.1. The molecule has 1 aliphatic heterocycles. The van der Waals surface area contributed by atoms with Crippen molar-refractivity contribution in [2.75, 3.05) is 20.2 Å². The summed E-state index contributed by atoms with van der Waals surface area (Å²) in [6, 6.07) is 10.5. The maximum Gasteiger partial charge on any atom is 0.119 e. The lowest BCUT2D eigenvalue weighted by Crippen LogP contribution is -2.35. The lowest BCUT2D eigenvalue weighted by Gasteiger charge is -2.32. The van der Waals surface area contributed by atoms with Crippen LogP contribution < -0.4 is 4.74 Å². The molecule has 5 nitrogen and oxygen atoms in total. The quantitative estimate of drug-likeness (QED) is 0.757. The average Bonchev–Trinajstić information content (AvgIpc) is 3.23. The van der Waals surface area contributed by atoms with Crippen LogP contribution in [0.4, 0.5) is 0 Å². The zero-order valence-electron chi connectivity index (χ0n) is 14.1. The Hall–Kier alpha value is -2.27. The highest BCUT2D eigenvalue weighted by Gasteiger charge is 2.21. The molecule has 3 heterocycles. The molecule has 0 saturated carbocycles. The number of hydrogen-bond acceptors (Lipinski definition) is 3. The Morgan fingerprint density at radius 1 is 1.25 bits per heavy atom. The highest BCUT2D eigenvalue weighted by atomic mass is 16.5. The van der Waals surface area contributed by atoms with Crippen molar-refractivity contribution in [1.29, 1.82) is 0 Å². The molecule has 0 bridgehead atoms. The van der Waals surface area contributed by atoms with E-state index in [4.69, 9.17) is 4.74 Å². The number of rotatable bonds is 5. The molecule has 2 aromatic heterocycles. The second-order valence-electron chi connectivity index (χ2n) is 6.78. The molecular formula is C19H24N4O. The Balaban J connectivity index is 1.42. The monoisotopic (exact) mass is 324 g/mol. The van der Waals surface area contributed by atoms with E-state index in [0.717, 1.165) is 25.3 Å². The van der Waals surface area contributed by atoms with Crippen LogP contribution in [0.3, 0.4) is 0 Å². The van der Waals surface area contributed by atoms with Gasteiger partial charge in [-0.3, -0.25) is 10.00 Å². The number of benzene rings is 1. The van der Waals surface area contributed by atoms with Gasteiger partial charge in [0.2, 0.25) is 0 Å². The highest BCUT2D eigenvalue weighted by molar-refractivity contribution is 5.81. The lowest BCUT2D eigenvalue weighted by atomic mass is 9.93. The third-order valence-corrected chi connectivity index (χ3v) is 4.95. The van der Waals surface area contributed by atoms with Gasteiger partial charge in [0, 0.05) is 41.6 Å². The van der Waals surface area contributed by atoms with Gasteiger partial charge in [-0.2, -0.15) is 5.10 Å². The van der Waals surface area contributed by atoms with Gasteiger partial charge in [-0.15, -0.1) is 0 Å². The molecule has 4 rings (SSSR count). The number of aromatic nitrogens is 3. The second kappa shape index (κ2) is 6.69. The third-order valence-electron chi connectivity index (χ3n) is 4.95. The van der Waals surface area contributed by atoms with Crippen molar-refractivity contribution in [3.63, 3.8) is 0 Å². The molecule has 1 unspecified atom stereocenters. The molecule has 0 aliphatic carbocycles. The van der Waals surface area contributed by atoms with E-state index >= 15 is 0 Å². The number of H-pyrrole nitrogens is 2. The van der Waals surface area contributed by atoms with Crippen molar-refractivity contribution in [3.8, 4) is 5.75 Å². The first-order chi connectivity index (χ1) is 11.8. The first kappa shape index (κ1) is 15.3. The van der Waals surface area contributed by atoms with Gasteiger partial charge in [0.1, 0.15) is 5.75 Å². The van der Waals surface area contributed by atoms with Crippen LogP contribution >= 0.6 is 0 Å². The molecule has 0 amide bonds. The van der Waals surface area contributed by atoms with Crippen LogP contribution in [0.15, 0.2) is 36.5 Å². The van der Waals surface area contributed by atoms with Crippen molar-refractivity contribution < 1.29 is 4.74 Å². The standard InChI is InChI=1S/C19H24N4O/c1-24-18-4-5-19-15(11-18)10-17(21-19)13-23-8-2-3-14(12-23)9-16-6-7-20-22-16/h4-7,10-11,14,21H,2-3,8-9,12-13H2,1H3,(H,20,22). The minimum atomic E-state index is 0.712. The predicted octanol–water partition coefficient (Wildman–Crippen LogP) is 3.35. The molecule has 1 aromatic carbocycles. The second-order valence-corrected chi connectivity index (χ2v) is 6.78. The van der Waals surface area contributed by atoms with Gasteiger partial charge >= 0.3 is 0 Å². The van der Waals surface area contributed by atoms with E-state index < -0.39 is 0 Å². The summed E-state index contributed by atoms with van der Waals surface area (Å²) in [4.78, 5) is 6.10. The zero-order chi connectivity index (χ0) is 16.4. The van der Waals surface area contributed by atoms with Crippen LogP contribution in [0.2, 0.25) is 0 Å². The SMILES string of the molecule is COc1ccc2[nH]c(CN3CCCC(Cc4ccn[nH]4)C3)cc2c1. The Labute approximate surface area is 142 Å². The average molecular weight is 324 g/mol. The predicted molar refractivity (Wildman–Crippen MR) is 95.1 cm³/mol. The highest BCUT2D eigenvalue weighted by Crippen LogP contribution is 2.24. The van der Waals surface area contributed by atoms with Crippen LogP contribution in [0.1, 0.15) is 24.2 Å². The number of likely N-dealkylation sites (tertiary alicyclic amines) is 1. The molecule has 1 atom stereocenters. The summed E-state index contributed by atoms with van der Waals surface area (Å²) in [6.45, 7) is 3.31. The molecular weight excluding hydrogens is 300 g/mol. The molecule has 5 heteroatoms. The number of piperidine rings is 1. The summed E-state index contributed by atoms with van der Waals surface area (Å²) >= 11 is 0. The van der Waals surface area contributed by atoms with E-state index in [2.05, 4.69) is 44.3 Å². The van der Waals surface area contributed by atoms with E-state index in [1.54, 1.807) is 7.11 Å². The van der Waals surface area contributed by atoms with Gasteiger partial charge in [0.25, 0.3) is 0 Å². The lowest BCUT2D eigenvalue weighted by molar-refractivity contribution is 0.165. The van der Waals surface area contributed by atoms with Crippen molar-refractivity contribution in [3.05, 3.63) is 47.9 Å². The summed E-state index contributed by atoms with van der Waals surface area (Å²) in [5.41, 5.74) is 3.71. The molecule has 0 spiro atoms. The van der Waals surface area contributed by atoms with Gasteiger partial charge < -0.3 is 9.72 Å². The smallest absolute Gasteiger partial charge is 0.119 e. The van der Waals surface area contributed by atoms with E-state index in [1.165, 1.54) is 41.7 Å². The summed E-state index contributed by atoms with van der Waals surface area (Å²) in [5.74, 6) is 1.62. The fourth-order valence-corrected chi connectivity index (χ4v) is 3.79. The van der Waals surface area contributed by atoms with E-state index in [1.807, 2.05) is 12.3 Å². The molecule has 0 radical (unpaired) electrons. The number of aromatic amines is 2. The summed E-state index contributed by atoms with van der Waals surface area (Å²) < 4.78 is 5.31. The number of methoxy groups -OCH3 is 1. The topological polar surface area (TPSA) is 56.9 Å². The summed E-state index contributed by atoms with van der Waals surface area (Å²) in [5, 5.41) is 8.37. The molecule has 3 aromatic rings. The van der Waals surface area contributed by atoms with Gasteiger partial charge in [-0.25, -0.2) is 0 Å². The minimum Gasteiger partial charge on any atom is -0.497 e. The van der Waals surface area contributed by atoms with Crippen LogP contribution in [0.25, 0.3) is 10.9 Å². The third kappa shape index (κ3) is 3.31. The molecule has 1 aliphatic rings. The molecule has 24 heavy (non-hydrogen) atoms. The van der Waals surface area contributed by atoms with Crippen LogP contribution in [-0.4, -0.2) is 40.3 Å². The number of nitrogens with one attached hydrogen (secondary N) is 2. The molecule has 126 valence electrons. The van der Waals surface area contributed by atoms with Crippen LogP contribution in [-0.2, 0) is 13.0 Å². The molecule has 2 N–H and O–H groups in total. The Kier molecular flexibility index (Phi) is 4.26. The fraction of sp³-hybridized carbons (Fsp3) is 0.421. The molecule has 1 fully saturated rings. The summed E-state index contributed by atoms with van der Waals surface area (Å²) in [7, 11) is 1.71. The maximum absolute atomic E-state index is 5.31. The number of fused-ring (bicyclic) bond motifs is 1.